The van der Waals surface area contributed by atoms with E-state index in [2.05, 4.69) is 13.8 Å². The topological polar surface area (TPSA) is 46.3 Å². The van der Waals surface area contributed by atoms with Gasteiger partial charge in [0.15, 0.2) is 0 Å². The summed E-state index contributed by atoms with van der Waals surface area (Å²) in [6.07, 6.45) is 0.684. The summed E-state index contributed by atoms with van der Waals surface area (Å²) >= 11 is 11.9. The highest BCUT2D eigenvalue weighted by molar-refractivity contribution is 6.42. The maximum Gasteiger partial charge on any atom is 0.240 e. The van der Waals surface area contributed by atoms with Gasteiger partial charge in [0, 0.05) is 12.6 Å². The molecule has 0 aromatic heterocycles. The number of hydrogen-bond donors (Lipinski definition) is 1. The molecule has 1 rings (SSSR count). The van der Waals surface area contributed by atoms with Gasteiger partial charge in [-0.3, -0.25) is 4.79 Å². The molecular weight excluding hydrogens is 307 g/mol. The van der Waals surface area contributed by atoms with Crippen LogP contribution in [0.2, 0.25) is 10.0 Å². The molecule has 2 N–H and O–H groups in total. The van der Waals surface area contributed by atoms with Crippen LogP contribution in [0.3, 0.4) is 0 Å². The van der Waals surface area contributed by atoms with Crippen molar-refractivity contribution in [3.63, 3.8) is 0 Å². The Morgan fingerprint density at radius 2 is 1.81 bits per heavy atom. The molecule has 0 saturated heterocycles. The molecule has 1 aromatic rings. The van der Waals surface area contributed by atoms with Gasteiger partial charge in [0.1, 0.15) is 0 Å². The van der Waals surface area contributed by atoms with Crippen molar-refractivity contribution >= 4 is 29.1 Å². The minimum Gasteiger partial charge on any atom is -0.335 e. The van der Waals surface area contributed by atoms with Gasteiger partial charge in [-0.05, 0) is 43.9 Å². The first-order valence-corrected chi connectivity index (χ1v) is 7.98. The third-order valence-corrected chi connectivity index (χ3v) is 4.02. The molecule has 21 heavy (non-hydrogen) atoms. The van der Waals surface area contributed by atoms with Gasteiger partial charge < -0.3 is 10.6 Å². The van der Waals surface area contributed by atoms with E-state index in [9.17, 15) is 4.79 Å². The molecular formula is C16H24Cl2N2O. The van der Waals surface area contributed by atoms with Crippen LogP contribution in [0.1, 0.15) is 39.7 Å². The summed E-state index contributed by atoms with van der Waals surface area (Å²) in [4.78, 5) is 14.3. The van der Waals surface area contributed by atoms with E-state index in [0.717, 1.165) is 5.56 Å². The van der Waals surface area contributed by atoms with Gasteiger partial charge in [-0.2, -0.15) is 0 Å². The van der Waals surface area contributed by atoms with E-state index < -0.39 is 6.04 Å². The molecule has 0 heterocycles. The molecule has 0 saturated carbocycles. The predicted octanol–water partition coefficient (Wildman–Crippen LogP) is 4.10. The normalized spacial score (nSPS) is 12.8. The highest BCUT2D eigenvalue weighted by atomic mass is 35.5. The number of hydrogen-bond acceptors (Lipinski definition) is 2. The van der Waals surface area contributed by atoms with Crippen LogP contribution in [0, 0.1) is 5.92 Å². The molecule has 0 spiro atoms. The lowest BCUT2D eigenvalue weighted by atomic mass is 10.0. The van der Waals surface area contributed by atoms with E-state index >= 15 is 0 Å². The molecule has 0 fully saturated rings. The van der Waals surface area contributed by atoms with Gasteiger partial charge in [0.25, 0.3) is 0 Å². The second kappa shape index (κ2) is 8.02. The lowest BCUT2D eigenvalue weighted by molar-refractivity contribution is -0.135. The summed E-state index contributed by atoms with van der Waals surface area (Å²) in [7, 11) is 0. The van der Waals surface area contributed by atoms with Gasteiger partial charge in [0.05, 0.1) is 16.1 Å². The summed E-state index contributed by atoms with van der Waals surface area (Å²) in [5.74, 6) is 0.368. The molecule has 1 amide bonds. The molecule has 0 unspecified atom stereocenters. The Morgan fingerprint density at radius 3 is 2.29 bits per heavy atom. The monoisotopic (exact) mass is 330 g/mol. The van der Waals surface area contributed by atoms with Crippen LogP contribution in [-0.2, 0) is 11.3 Å². The summed E-state index contributed by atoms with van der Waals surface area (Å²) in [6.45, 7) is 8.58. The number of halogens is 2. The van der Waals surface area contributed by atoms with E-state index in [1.54, 1.807) is 17.0 Å². The standard InChI is InChI=1S/C16H24Cl2N2O/c1-10(2)7-15(19)16(21)20(11(3)4)9-12-5-6-13(17)14(18)8-12/h5-6,8,10-11,15H,7,9,19H2,1-4H3/t15-/m0/s1. The Hall–Kier alpha value is -0.770. The highest BCUT2D eigenvalue weighted by Crippen LogP contribution is 2.24. The average Bonchev–Trinajstić information content (AvgIpc) is 2.38. The molecule has 0 bridgehead atoms. The summed E-state index contributed by atoms with van der Waals surface area (Å²) in [6, 6.07) is 5.03. The fourth-order valence-corrected chi connectivity index (χ4v) is 2.49. The molecule has 3 nitrogen and oxygen atoms in total. The van der Waals surface area contributed by atoms with Gasteiger partial charge in [-0.25, -0.2) is 0 Å². The Morgan fingerprint density at radius 1 is 1.19 bits per heavy atom. The number of nitrogens with two attached hydrogens (primary N) is 1. The number of nitrogens with zero attached hydrogens (tertiary/aromatic N) is 1. The number of carbonyl (C=O) groups excluding carboxylic acids is 1. The summed E-state index contributed by atoms with van der Waals surface area (Å²) < 4.78 is 0. The maximum absolute atomic E-state index is 12.5. The number of rotatable bonds is 6. The van der Waals surface area contributed by atoms with Crippen molar-refractivity contribution in [1.29, 1.82) is 0 Å². The van der Waals surface area contributed by atoms with E-state index in [0.29, 0.717) is 28.9 Å². The second-order valence-corrected chi connectivity index (χ2v) is 6.86. The zero-order valence-electron chi connectivity index (χ0n) is 13.1. The Balaban J connectivity index is 2.86. The van der Waals surface area contributed by atoms with Crippen molar-refractivity contribution in [3.8, 4) is 0 Å². The highest BCUT2D eigenvalue weighted by Gasteiger charge is 2.24. The molecule has 1 aromatic carbocycles. The maximum atomic E-state index is 12.5. The first-order valence-electron chi connectivity index (χ1n) is 7.22. The van der Waals surface area contributed by atoms with E-state index in [1.807, 2.05) is 19.9 Å². The SMILES string of the molecule is CC(C)C[C@H](N)C(=O)N(Cc1ccc(Cl)c(Cl)c1)C(C)C. The number of benzene rings is 1. The van der Waals surface area contributed by atoms with Crippen LogP contribution in [0.4, 0.5) is 0 Å². The van der Waals surface area contributed by atoms with Crippen molar-refractivity contribution in [2.45, 2.75) is 52.7 Å². The zero-order chi connectivity index (χ0) is 16.2. The second-order valence-electron chi connectivity index (χ2n) is 6.04. The Bertz CT molecular complexity index is 489. The lowest BCUT2D eigenvalue weighted by Gasteiger charge is -2.30. The first kappa shape index (κ1) is 18.3. The quantitative estimate of drug-likeness (QED) is 0.853. The van der Waals surface area contributed by atoms with E-state index in [-0.39, 0.29) is 11.9 Å². The number of amides is 1. The third-order valence-electron chi connectivity index (χ3n) is 3.29. The minimum absolute atomic E-state index is 0.0234. The zero-order valence-corrected chi connectivity index (χ0v) is 14.6. The van der Waals surface area contributed by atoms with Crippen LogP contribution in [-0.4, -0.2) is 22.9 Å². The molecule has 118 valence electrons. The fraction of sp³-hybridized carbons (Fsp3) is 0.562. The third kappa shape index (κ3) is 5.50. The molecule has 5 heteroatoms. The van der Waals surface area contributed by atoms with Crippen LogP contribution in [0.15, 0.2) is 18.2 Å². The molecule has 0 aliphatic carbocycles. The number of carbonyl (C=O) groups is 1. The minimum atomic E-state index is -0.463. The fourth-order valence-electron chi connectivity index (χ4n) is 2.17. The van der Waals surface area contributed by atoms with Crippen molar-refractivity contribution < 1.29 is 4.79 Å². The van der Waals surface area contributed by atoms with Gasteiger partial charge in [-0.1, -0.05) is 43.1 Å². The van der Waals surface area contributed by atoms with Crippen molar-refractivity contribution in [2.75, 3.05) is 0 Å². The van der Waals surface area contributed by atoms with Gasteiger partial charge in [0.2, 0.25) is 5.91 Å². The largest absolute Gasteiger partial charge is 0.335 e. The van der Waals surface area contributed by atoms with Crippen LogP contribution >= 0.6 is 23.2 Å². The molecule has 0 aliphatic heterocycles. The van der Waals surface area contributed by atoms with Gasteiger partial charge in [-0.15, -0.1) is 0 Å². The summed E-state index contributed by atoms with van der Waals surface area (Å²) in [5.41, 5.74) is 6.97. The van der Waals surface area contributed by atoms with Crippen LogP contribution in [0.5, 0.6) is 0 Å². The lowest BCUT2D eigenvalue weighted by Crippen LogP contribution is -2.47. The average molecular weight is 331 g/mol. The van der Waals surface area contributed by atoms with E-state index in [1.165, 1.54) is 0 Å². The van der Waals surface area contributed by atoms with E-state index in [4.69, 9.17) is 28.9 Å². The molecule has 1 atom stereocenters. The first-order chi connectivity index (χ1) is 9.72. The van der Waals surface area contributed by atoms with Gasteiger partial charge >= 0.3 is 0 Å². The smallest absolute Gasteiger partial charge is 0.240 e. The van der Waals surface area contributed by atoms with Crippen molar-refractivity contribution in [1.82, 2.24) is 4.90 Å². The van der Waals surface area contributed by atoms with Crippen LogP contribution in [0.25, 0.3) is 0 Å². The molecule has 0 radical (unpaired) electrons. The Labute approximate surface area is 137 Å². The van der Waals surface area contributed by atoms with Crippen molar-refractivity contribution in [2.24, 2.45) is 11.7 Å². The Kier molecular flexibility index (Phi) is 6.98. The van der Waals surface area contributed by atoms with Crippen molar-refractivity contribution in [3.05, 3.63) is 33.8 Å². The predicted molar refractivity (Wildman–Crippen MR) is 89.6 cm³/mol. The molecule has 0 aliphatic rings. The summed E-state index contributed by atoms with van der Waals surface area (Å²) in [5, 5.41) is 1.01. The van der Waals surface area contributed by atoms with Crippen LogP contribution < -0.4 is 5.73 Å².